The highest BCUT2D eigenvalue weighted by atomic mass is 32.1. The minimum absolute atomic E-state index is 0.0926. The van der Waals surface area contributed by atoms with E-state index < -0.39 is 0 Å². The number of hydrogen-bond acceptors (Lipinski definition) is 4. The SMILES string of the molecule is CC(S)C(=O)Nc1nc(C2CC2)cs1. The van der Waals surface area contributed by atoms with E-state index in [-0.39, 0.29) is 11.2 Å². The van der Waals surface area contributed by atoms with Gasteiger partial charge in [-0.05, 0) is 19.8 Å². The zero-order valence-electron chi connectivity index (χ0n) is 7.86. The Kier molecular flexibility index (Phi) is 2.78. The summed E-state index contributed by atoms with van der Waals surface area (Å²) in [5.41, 5.74) is 1.12. The van der Waals surface area contributed by atoms with E-state index in [1.165, 1.54) is 24.2 Å². The maximum absolute atomic E-state index is 11.3. The van der Waals surface area contributed by atoms with E-state index in [1.54, 1.807) is 6.92 Å². The van der Waals surface area contributed by atoms with Crippen molar-refractivity contribution in [3.63, 3.8) is 0 Å². The van der Waals surface area contributed by atoms with Crippen molar-refractivity contribution >= 4 is 35.0 Å². The van der Waals surface area contributed by atoms with Crippen molar-refractivity contribution in [3.05, 3.63) is 11.1 Å². The minimum Gasteiger partial charge on any atom is -0.301 e. The third-order valence-corrected chi connectivity index (χ3v) is 3.14. The van der Waals surface area contributed by atoms with Gasteiger partial charge in [-0.25, -0.2) is 4.98 Å². The Balaban J connectivity index is 1.99. The first kappa shape index (κ1) is 9.98. The van der Waals surface area contributed by atoms with Gasteiger partial charge in [0.2, 0.25) is 5.91 Å². The lowest BCUT2D eigenvalue weighted by atomic mass is 10.3. The lowest BCUT2D eigenvalue weighted by molar-refractivity contribution is -0.115. The molecule has 1 amide bonds. The molecule has 0 radical (unpaired) electrons. The van der Waals surface area contributed by atoms with Crippen molar-refractivity contribution in [1.82, 2.24) is 4.98 Å². The predicted octanol–water partition coefficient (Wildman–Crippen LogP) is 2.28. The van der Waals surface area contributed by atoms with Crippen LogP contribution in [-0.4, -0.2) is 16.1 Å². The van der Waals surface area contributed by atoms with Gasteiger partial charge in [-0.2, -0.15) is 12.6 Å². The van der Waals surface area contributed by atoms with Crippen molar-refractivity contribution in [2.45, 2.75) is 30.9 Å². The van der Waals surface area contributed by atoms with Crippen LogP contribution in [0.4, 0.5) is 5.13 Å². The van der Waals surface area contributed by atoms with Crippen molar-refractivity contribution in [2.24, 2.45) is 0 Å². The lowest BCUT2D eigenvalue weighted by Gasteiger charge is -2.02. The average Bonchev–Trinajstić information content (AvgIpc) is 2.88. The van der Waals surface area contributed by atoms with Gasteiger partial charge in [0, 0.05) is 11.3 Å². The van der Waals surface area contributed by atoms with Gasteiger partial charge >= 0.3 is 0 Å². The number of thiol groups is 1. The van der Waals surface area contributed by atoms with Gasteiger partial charge in [-0.1, -0.05) is 0 Å². The number of hydrogen-bond donors (Lipinski definition) is 2. The molecule has 1 aromatic rings. The number of aromatic nitrogens is 1. The van der Waals surface area contributed by atoms with Gasteiger partial charge in [-0.3, -0.25) is 4.79 Å². The van der Waals surface area contributed by atoms with Crippen LogP contribution >= 0.6 is 24.0 Å². The normalized spacial score (nSPS) is 17.9. The van der Waals surface area contributed by atoms with Crippen LogP contribution < -0.4 is 5.32 Å². The van der Waals surface area contributed by atoms with Crippen molar-refractivity contribution in [2.75, 3.05) is 5.32 Å². The Hall–Kier alpha value is -0.550. The highest BCUT2D eigenvalue weighted by Gasteiger charge is 2.26. The summed E-state index contributed by atoms with van der Waals surface area (Å²) in [6, 6.07) is 0. The number of anilines is 1. The molecule has 0 aromatic carbocycles. The molecule has 1 fully saturated rings. The Morgan fingerprint density at radius 2 is 2.50 bits per heavy atom. The monoisotopic (exact) mass is 228 g/mol. The van der Waals surface area contributed by atoms with E-state index in [2.05, 4.69) is 22.9 Å². The molecule has 1 saturated carbocycles. The lowest BCUT2D eigenvalue weighted by Crippen LogP contribution is -2.20. The van der Waals surface area contributed by atoms with Crippen molar-refractivity contribution < 1.29 is 4.79 Å². The summed E-state index contributed by atoms with van der Waals surface area (Å²) < 4.78 is 0. The highest BCUT2D eigenvalue weighted by Crippen LogP contribution is 2.40. The number of carbonyl (C=O) groups excluding carboxylic acids is 1. The van der Waals surface area contributed by atoms with Crippen LogP contribution in [0.25, 0.3) is 0 Å². The van der Waals surface area contributed by atoms with Gasteiger partial charge in [0.1, 0.15) is 0 Å². The van der Waals surface area contributed by atoms with Gasteiger partial charge in [0.25, 0.3) is 0 Å². The smallest absolute Gasteiger partial charge is 0.238 e. The molecule has 1 heterocycles. The maximum atomic E-state index is 11.3. The second kappa shape index (κ2) is 3.90. The van der Waals surface area contributed by atoms with Crippen molar-refractivity contribution in [3.8, 4) is 0 Å². The minimum atomic E-state index is -0.289. The molecule has 5 heteroatoms. The second-order valence-electron chi connectivity index (χ2n) is 3.52. The van der Waals surface area contributed by atoms with Crippen LogP contribution in [0.5, 0.6) is 0 Å². The van der Waals surface area contributed by atoms with Crippen LogP contribution in [-0.2, 0) is 4.79 Å². The molecule has 0 saturated heterocycles. The van der Waals surface area contributed by atoms with Crippen LogP contribution in [0.3, 0.4) is 0 Å². The molecule has 14 heavy (non-hydrogen) atoms. The first-order chi connectivity index (χ1) is 6.66. The summed E-state index contributed by atoms with van der Waals surface area (Å²) in [5, 5.41) is 5.16. The fourth-order valence-electron chi connectivity index (χ4n) is 1.12. The van der Waals surface area contributed by atoms with E-state index in [1.807, 2.05) is 5.38 Å². The Labute approximate surface area is 92.3 Å². The molecule has 1 aliphatic carbocycles. The van der Waals surface area contributed by atoms with E-state index in [0.717, 1.165) is 5.69 Å². The first-order valence-corrected chi connectivity index (χ1v) is 6.01. The topological polar surface area (TPSA) is 42.0 Å². The summed E-state index contributed by atoms with van der Waals surface area (Å²) in [6.07, 6.45) is 2.47. The fourth-order valence-corrected chi connectivity index (χ4v) is 1.98. The zero-order chi connectivity index (χ0) is 10.1. The summed E-state index contributed by atoms with van der Waals surface area (Å²) in [6.45, 7) is 1.74. The molecule has 3 nitrogen and oxygen atoms in total. The Morgan fingerprint density at radius 1 is 1.79 bits per heavy atom. The average molecular weight is 228 g/mol. The van der Waals surface area contributed by atoms with Gasteiger partial charge < -0.3 is 5.32 Å². The third-order valence-electron chi connectivity index (χ3n) is 2.13. The quantitative estimate of drug-likeness (QED) is 0.779. The number of amides is 1. The number of nitrogens with one attached hydrogen (secondary N) is 1. The standard InChI is InChI=1S/C9H12N2OS2/c1-5(13)8(12)11-9-10-7(4-14-9)6-2-3-6/h4-6,13H,2-3H2,1H3,(H,10,11,12). The molecule has 1 unspecified atom stereocenters. The van der Waals surface area contributed by atoms with Crippen molar-refractivity contribution in [1.29, 1.82) is 0 Å². The highest BCUT2D eigenvalue weighted by molar-refractivity contribution is 7.81. The van der Waals surface area contributed by atoms with E-state index >= 15 is 0 Å². The molecule has 1 aliphatic rings. The summed E-state index contributed by atoms with van der Waals surface area (Å²) >= 11 is 5.53. The van der Waals surface area contributed by atoms with E-state index in [0.29, 0.717) is 11.0 Å². The molecule has 76 valence electrons. The van der Waals surface area contributed by atoms with E-state index in [4.69, 9.17) is 0 Å². The van der Waals surface area contributed by atoms with Gasteiger partial charge in [0.15, 0.2) is 5.13 Å². The second-order valence-corrected chi connectivity index (χ2v) is 5.15. The molecular formula is C9H12N2OS2. The molecule has 1 N–H and O–H groups in total. The summed E-state index contributed by atoms with van der Waals surface area (Å²) in [4.78, 5) is 15.6. The number of rotatable bonds is 3. The third kappa shape index (κ3) is 2.27. The molecule has 1 atom stereocenters. The zero-order valence-corrected chi connectivity index (χ0v) is 9.57. The Morgan fingerprint density at radius 3 is 3.07 bits per heavy atom. The van der Waals surface area contributed by atoms with Gasteiger partial charge in [-0.15, -0.1) is 11.3 Å². The molecule has 0 aliphatic heterocycles. The largest absolute Gasteiger partial charge is 0.301 e. The molecule has 0 spiro atoms. The van der Waals surface area contributed by atoms with Crippen LogP contribution in [0.2, 0.25) is 0 Å². The fraction of sp³-hybridized carbons (Fsp3) is 0.556. The number of nitrogens with zero attached hydrogens (tertiary/aromatic N) is 1. The maximum Gasteiger partial charge on any atom is 0.238 e. The van der Waals surface area contributed by atoms with E-state index in [9.17, 15) is 4.79 Å². The van der Waals surface area contributed by atoms with Gasteiger partial charge in [0.05, 0.1) is 10.9 Å². The molecule has 2 rings (SSSR count). The van der Waals surface area contributed by atoms with Crippen LogP contribution in [0.15, 0.2) is 5.38 Å². The van der Waals surface area contributed by atoms with Crippen LogP contribution in [0, 0.1) is 0 Å². The molecule has 0 bridgehead atoms. The molecular weight excluding hydrogens is 216 g/mol. The van der Waals surface area contributed by atoms with Crippen LogP contribution in [0.1, 0.15) is 31.4 Å². The number of carbonyl (C=O) groups is 1. The summed E-state index contributed by atoms with van der Waals surface area (Å²) in [5.74, 6) is 0.551. The first-order valence-electron chi connectivity index (χ1n) is 4.61. The predicted molar refractivity (Wildman–Crippen MR) is 61.2 cm³/mol. The molecule has 1 aromatic heterocycles. The number of thiazole rings is 1. The summed E-state index contributed by atoms with van der Waals surface area (Å²) in [7, 11) is 0. The Bertz CT molecular complexity index is 344.